The van der Waals surface area contributed by atoms with Crippen LogP contribution in [0.1, 0.15) is 31.1 Å². The lowest BCUT2D eigenvalue weighted by Gasteiger charge is -2.28. The van der Waals surface area contributed by atoms with Crippen LogP contribution in [0, 0.1) is 10.1 Å². The number of nitro benzene ring substituents is 1. The van der Waals surface area contributed by atoms with Gasteiger partial charge in [-0.15, -0.1) is 0 Å². The number of amides is 2. The molecule has 0 spiro atoms. The van der Waals surface area contributed by atoms with Crippen LogP contribution in [-0.2, 0) is 0 Å². The second-order valence-electron chi connectivity index (χ2n) is 7.73. The highest BCUT2D eigenvalue weighted by molar-refractivity contribution is 9.10. The molecule has 4 aromatic rings. The number of nitro groups is 1. The molecule has 0 aliphatic carbocycles. The Bertz CT molecular complexity index is 1570. The molecule has 2 N–H and O–H groups in total. The summed E-state index contributed by atoms with van der Waals surface area (Å²) in [5.74, 6) is -2.50. The van der Waals surface area contributed by atoms with E-state index in [4.69, 9.17) is 5.11 Å². The molecule has 0 atom stereocenters. The van der Waals surface area contributed by atoms with Crippen LogP contribution in [0.3, 0.4) is 0 Å². The zero-order chi connectivity index (χ0) is 24.9. The lowest BCUT2D eigenvalue weighted by molar-refractivity contribution is -0.383. The van der Waals surface area contributed by atoms with Gasteiger partial charge in [-0.25, -0.2) is 9.69 Å². The maximum atomic E-state index is 13.5. The summed E-state index contributed by atoms with van der Waals surface area (Å²) in [6.07, 6.45) is 0. The number of hydrogen-bond donors (Lipinski definition) is 2. The molecule has 0 radical (unpaired) electrons. The monoisotopic (exact) mass is 531 g/mol. The van der Waals surface area contributed by atoms with Gasteiger partial charge in [-0.05, 0) is 54.6 Å². The van der Waals surface area contributed by atoms with E-state index in [9.17, 15) is 24.5 Å². The summed E-state index contributed by atoms with van der Waals surface area (Å²) in [4.78, 5) is 50.3. The van der Waals surface area contributed by atoms with Crippen molar-refractivity contribution in [3.8, 4) is 0 Å². The van der Waals surface area contributed by atoms with E-state index in [0.717, 1.165) is 9.37 Å². The van der Waals surface area contributed by atoms with Crippen LogP contribution in [0.4, 0.5) is 22.7 Å². The minimum absolute atomic E-state index is 0.00515. The van der Waals surface area contributed by atoms with Gasteiger partial charge in [-0.1, -0.05) is 28.1 Å². The molecule has 4 aromatic carbocycles. The highest BCUT2D eigenvalue weighted by Crippen LogP contribution is 2.42. The Balaban J connectivity index is 1.70. The van der Waals surface area contributed by atoms with Crippen LogP contribution in [0.15, 0.2) is 77.3 Å². The third-order valence-corrected chi connectivity index (χ3v) is 6.22. The van der Waals surface area contributed by atoms with Crippen molar-refractivity contribution in [1.82, 2.24) is 0 Å². The van der Waals surface area contributed by atoms with Gasteiger partial charge < -0.3 is 10.4 Å². The summed E-state index contributed by atoms with van der Waals surface area (Å²) >= 11 is 3.35. The van der Waals surface area contributed by atoms with Crippen molar-refractivity contribution in [2.45, 2.75) is 0 Å². The molecule has 2 amide bonds. The number of anilines is 3. The van der Waals surface area contributed by atoms with Crippen molar-refractivity contribution < 1.29 is 24.4 Å². The van der Waals surface area contributed by atoms with Gasteiger partial charge in [0.05, 0.1) is 21.7 Å². The Labute approximate surface area is 205 Å². The van der Waals surface area contributed by atoms with E-state index in [1.165, 1.54) is 30.3 Å². The number of carbonyl (C=O) groups is 3. The molecule has 5 rings (SSSR count). The number of nitrogens with one attached hydrogen (secondary N) is 1. The molecule has 0 saturated carbocycles. The largest absolute Gasteiger partial charge is 0.478 e. The third kappa shape index (κ3) is 3.69. The van der Waals surface area contributed by atoms with Crippen molar-refractivity contribution in [1.29, 1.82) is 0 Å². The number of carboxylic acid groups (broad SMARTS) is 1. The lowest BCUT2D eigenvalue weighted by Crippen LogP contribution is -2.40. The third-order valence-electron chi connectivity index (χ3n) is 5.69. The fraction of sp³-hybridized carbons (Fsp3) is 0. The topological polar surface area (TPSA) is 130 Å². The normalized spacial score (nSPS) is 12.7. The Morgan fingerprint density at radius 2 is 1.60 bits per heavy atom. The van der Waals surface area contributed by atoms with E-state index in [0.29, 0.717) is 16.5 Å². The van der Waals surface area contributed by atoms with Gasteiger partial charge in [0.25, 0.3) is 17.5 Å². The van der Waals surface area contributed by atoms with Gasteiger partial charge in [0.1, 0.15) is 5.69 Å². The average molecular weight is 532 g/mol. The van der Waals surface area contributed by atoms with E-state index >= 15 is 0 Å². The summed E-state index contributed by atoms with van der Waals surface area (Å²) in [5, 5.41) is 24.9. The van der Waals surface area contributed by atoms with Gasteiger partial charge in [-0.3, -0.25) is 19.7 Å². The Morgan fingerprint density at radius 3 is 2.23 bits per heavy atom. The molecule has 0 bridgehead atoms. The van der Waals surface area contributed by atoms with Crippen molar-refractivity contribution >= 4 is 67.2 Å². The van der Waals surface area contributed by atoms with Gasteiger partial charge in [-0.2, -0.15) is 0 Å². The first-order valence-corrected chi connectivity index (χ1v) is 11.0. The fourth-order valence-corrected chi connectivity index (χ4v) is 4.35. The van der Waals surface area contributed by atoms with E-state index in [2.05, 4.69) is 21.2 Å². The molecule has 0 unspecified atom stereocenters. The van der Waals surface area contributed by atoms with Crippen molar-refractivity contribution in [2.75, 3.05) is 10.2 Å². The second-order valence-corrected chi connectivity index (χ2v) is 8.65. The van der Waals surface area contributed by atoms with Crippen LogP contribution in [0.25, 0.3) is 10.8 Å². The standard InChI is InChI=1S/C25H14BrN3O6/c26-14-6-8-15(9-7-14)27-22-17-2-1-3-18-21(17)19(12-20(22)29(34)35)24(31)28(23(18)30)16-10-4-13(5-11-16)25(32)33/h1-12,27H,(H,32,33). The Kier molecular flexibility index (Phi) is 5.29. The van der Waals surface area contributed by atoms with Crippen LogP contribution in [0.5, 0.6) is 0 Å². The van der Waals surface area contributed by atoms with Crippen LogP contribution < -0.4 is 10.2 Å². The minimum Gasteiger partial charge on any atom is -0.478 e. The van der Waals surface area contributed by atoms with Gasteiger partial charge >= 0.3 is 5.97 Å². The van der Waals surface area contributed by atoms with Crippen LogP contribution >= 0.6 is 15.9 Å². The highest BCUT2D eigenvalue weighted by Gasteiger charge is 2.37. The summed E-state index contributed by atoms with van der Waals surface area (Å²) in [7, 11) is 0. The number of imide groups is 1. The summed E-state index contributed by atoms with van der Waals surface area (Å²) < 4.78 is 0.835. The minimum atomic E-state index is -1.15. The van der Waals surface area contributed by atoms with E-state index in [1.807, 2.05) is 0 Å². The molecule has 172 valence electrons. The first kappa shape index (κ1) is 22.2. The van der Waals surface area contributed by atoms with E-state index < -0.39 is 22.7 Å². The fourth-order valence-electron chi connectivity index (χ4n) is 4.09. The quantitative estimate of drug-likeness (QED) is 0.190. The van der Waals surface area contributed by atoms with Gasteiger partial charge in [0.15, 0.2) is 0 Å². The van der Waals surface area contributed by atoms with Crippen molar-refractivity contribution in [3.05, 3.63) is 104 Å². The number of carboxylic acids is 1. The molecule has 9 nitrogen and oxygen atoms in total. The number of aromatic carboxylic acids is 1. The van der Waals surface area contributed by atoms with Gasteiger partial charge in [0.2, 0.25) is 0 Å². The summed E-state index contributed by atoms with van der Waals surface area (Å²) in [6.45, 7) is 0. The highest BCUT2D eigenvalue weighted by atomic mass is 79.9. The Hall–Kier alpha value is -4.57. The number of rotatable bonds is 5. The SMILES string of the molecule is O=C(O)c1ccc(N2C(=O)c3cccc4c(Nc5ccc(Br)cc5)c([N+](=O)[O-])cc(c34)C2=O)cc1. The molecule has 0 saturated heterocycles. The number of carbonyl (C=O) groups excluding carboxylic acids is 2. The van der Waals surface area contributed by atoms with Crippen LogP contribution in [0.2, 0.25) is 0 Å². The molecular formula is C25H14BrN3O6. The number of hydrogen-bond acceptors (Lipinski definition) is 6. The number of nitrogens with zero attached hydrogens (tertiary/aromatic N) is 2. The first-order chi connectivity index (χ1) is 16.8. The smallest absolute Gasteiger partial charge is 0.335 e. The predicted octanol–water partition coefficient (Wildman–Crippen LogP) is 5.75. The number of benzene rings is 4. The van der Waals surface area contributed by atoms with E-state index in [-0.39, 0.29) is 33.8 Å². The Morgan fingerprint density at radius 1 is 0.943 bits per heavy atom. The summed E-state index contributed by atoms with van der Waals surface area (Å²) in [5.41, 5.74) is 0.790. The van der Waals surface area contributed by atoms with Crippen LogP contribution in [-0.4, -0.2) is 27.8 Å². The average Bonchev–Trinajstić information content (AvgIpc) is 2.84. The van der Waals surface area contributed by atoms with E-state index in [1.54, 1.807) is 42.5 Å². The molecule has 1 heterocycles. The zero-order valence-corrected chi connectivity index (χ0v) is 19.3. The predicted molar refractivity (Wildman–Crippen MR) is 133 cm³/mol. The molecule has 10 heteroatoms. The lowest BCUT2D eigenvalue weighted by atomic mass is 9.91. The first-order valence-electron chi connectivity index (χ1n) is 10.2. The molecule has 0 aromatic heterocycles. The molecule has 1 aliphatic rings. The number of halogens is 1. The zero-order valence-electron chi connectivity index (χ0n) is 17.7. The molecule has 0 fully saturated rings. The maximum absolute atomic E-state index is 13.5. The van der Waals surface area contributed by atoms with Crippen molar-refractivity contribution in [3.63, 3.8) is 0 Å². The molecule has 1 aliphatic heterocycles. The van der Waals surface area contributed by atoms with Gasteiger partial charge in [0, 0.05) is 32.6 Å². The second kappa shape index (κ2) is 8.33. The molecule has 35 heavy (non-hydrogen) atoms. The maximum Gasteiger partial charge on any atom is 0.335 e. The summed E-state index contributed by atoms with van der Waals surface area (Å²) in [6, 6.07) is 18.2. The molecular weight excluding hydrogens is 518 g/mol. The van der Waals surface area contributed by atoms with Crippen molar-refractivity contribution in [2.24, 2.45) is 0 Å².